The first-order valence-corrected chi connectivity index (χ1v) is 26.3. The lowest BCUT2D eigenvalue weighted by Gasteiger charge is -2.22. The van der Waals surface area contributed by atoms with E-state index in [9.17, 15) is 13.2 Å². The molecule has 11 aromatic carbocycles. The first-order chi connectivity index (χ1) is 38.8. The summed E-state index contributed by atoms with van der Waals surface area (Å²) in [5.74, 6) is 0.523. The Hall–Kier alpha value is -10.3. The van der Waals surface area contributed by atoms with E-state index in [1.54, 1.807) is 6.07 Å². The molecule has 4 heterocycles. The van der Waals surface area contributed by atoms with Crippen molar-refractivity contribution in [3.8, 4) is 73.2 Å². The summed E-state index contributed by atoms with van der Waals surface area (Å²) in [6, 6.07) is 89.6. The van der Waals surface area contributed by atoms with Crippen LogP contribution in [-0.4, -0.2) is 23.7 Å². The van der Waals surface area contributed by atoms with E-state index in [0.29, 0.717) is 22.1 Å². The maximum absolute atomic E-state index is 14.7. The average molecular weight is 1020 g/mol. The Morgan fingerprint density at radius 2 is 0.633 bits per heavy atom. The lowest BCUT2D eigenvalue weighted by Crippen LogP contribution is -2.05. The van der Waals surface area contributed by atoms with Crippen molar-refractivity contribution in [3.63, 3.8) is 0 Å². The Balaban J connectivity index is 1.03. The largest absolute Gasteiger partial charge is 0.416 e. The van der Waals surface area contributed by atoms with Crippen LogP contribution in [0.3, 0.4) is 0 Å². The summed E-state index contributed by atoms with van der Waals surface area (Å²) in [7, 11) is 0. The highest BCUT2D eigenvalue weighted by atomic mass is 19.4. The van der Waals surface area contributed by atoms with Gasteiger partial charge in [0.15, 0.2) is 5.82 Å². The quantitative estimate of drug-likeness (QED) is 0.152. The van der Waals surface area contributed by atoms with Crippen LogP contribution >= 0.6 is 0 Å². The number of benzene rings is 11. The van der Waals surface area contributed by atoms with Crippen molar-refractivity contribution in [3.05, 3.63) is 272 Å². The van der Waals surface area contributed by atoms with Gasteiger partial charge in [-0.15, -0.1) is 0 Å². The third-order valence-electron chi connectivity index (χ3n) is 15.5. The zero-order valence-corrected chi connectivity index (χ0v) is 42.3. The third kappa shape index (κ3) is 7.63. The van der Waals surface area contributed by atoms with E-state index in [2.05, 4.69) is 196 Å². The van der Waals surface area contributed by atoms with Gasteiger partial charge in [0.2, 0.25) is 0 Å². The third-order valence-corrected chi connectivity index (χ3v) is 15.5. The molecule has 0 amide bonds. The van der Waals surface area contributed by atoms with Gasteiger partial charge in [0.1, 0.15) is 0 Å². The second-order valence-corrected chi connectivity index (χ2v) is 20.0. The van der Waals surface area contributed by atoms with Crippen molar-refractivity contribution in [2.24, 2.45) is 0 Å². The molecule has 8 heteroatoms. The van der Waals surface area contributed by atoms with Crippen LogP contribution in [0.5, 0.6) is 0 Å². The molecule has 15 aromatic rings. The van der Waals surface area contributed by atoms with Crippen LogP contribution in [0.4, 0.5) is 13.2 Å². The summed E-state index contributed by atoms with van der Waals surface area (Å²) in [6.45, 7) is 0. The average Bonchev–Trinajstić information content (AvgIpc) is 4.38. The van der Waals surface area contributed by atoms with Crippen LogP contribution in [0.1, 0.15) is 5.56 Å². The summed E-state index contributed by atoms with van der Waals surface area (Å²) < 4.78 is 50.8. The number of aromatic nitrogens is 5. The minimum absolute atomic E-state index is 0.501. The molecule has 4 aromatic heterocycles. The van der Waals surface area contributed by atoms with Gasteiger partial charge in [-0.3, -0.25) is 0 Å². The molecule has 0 aliphatic heterocycles. The van der Waals surface area contributed by atoms with Gasteiger partial charge in [-0.05, 0) is 102 Å². The van der Waals surface area contributed by atoms with Gasteiger partial charge in [0.25, 0.3) is 0 Å². The van der Waals surface area contributed by atoms with Gasteiger partial charge >= 0.3 is 6.18 Å². The SMILES string of the molecule is FC(F)(F)c1ccc2c(c1)c1ccccc1n2-c1c(-c2ccc(-n3c4ccccc4c4ccccc43)cc2)cc(-c2nc(-c3ccccc3)cc(-c3ccccc3)n2)cc1-c1ccc(-n2c3ccccc3c3ccccc32)cc1. The second kappa shape index (κ2) is 18.2. The fourth-order valence-corrected chi connectivity index (χ4v) is 11.9. The van der Waals surface area contributed by atoms with Crippen LogP contribution in [-0.2, 0) is 6.18 Å². The minimum Gasteiger partial charge on any atom is -0.309 e. The summed E-state index contributed by atoms with van der Waals surface area (Å²) in [6.07, 6.45) is -4.54. The van der Waals surface area contributed by atoms with Crippen molar-refractivity contribution < 1.29 is 13.2 Å². The van der Waals surface area contributed by atoms with E-state index in [-0.39, 0.29) is 0 Å². The maximum Gasteiger partial charge on any atom is 0.416 e. The highest BCUT2D eigenvalue weighted by Crippen LogP contribution is 2.46. The summed E-state index contributed by atoms with van der Waals surface area (Å²) >= 11 is 0. The van der Waals surface area contributed by atoms with Gasteiger partial charge in [-0.1, -0.05) is 176 Å². The first kappa shape index (κ1) is 46.0. The number of hydrogen-bond donors (Lipinski definition) is 0. The Morgan fingerprint density at radius 3 is 1.04 bits per heavy atom. The number of nitrogens with zero attached hydrogens (tertiary/aromatic N) is 5. The number of halogens is 3. The second-order valence-electron chi connectivity index (χ2n) is 20.0. The maximum atomic E-state index is 14.7. The molecular formula is C71H44F3N5. The lowest BCUT2D eigenvalue weighted by atomic mass is 9.92. The summed E-state index contributed by atoms with van der Waals surface area (Å²) in [5.41, 5.74) is 15.5. The van der Waals surface area contributed by atoms with Gasteiger partial charge in [0.05, 0.1) is 55.7 Å². The van der Waals surface area contributed by atoms with Gasteiger partial charge < -0.3 is 13.7 Å². The van der Waals surface area contributed by atoms with Crippen LogP contribution in [0.15, 0.2) is 267 Å². The Labute approximate surface area is 452 Å². The van der Waals surface area contributed by atoms with Crippen molar-refractivity contribution in [2.75, 3.05) is 0 Å². The fourth-order valence-electron chi connectivity index (χ4n) is 11.9. The normalized spacial score (nSPS) is 12.0. The van der Waals surface area contributed by atoms with Crippen LogP contribution in [0, 0.1) is 0 Å². The smallest absolute Gasteiger partial charge is 0.309 e. The number of fused-ring (bicyclic) bond motifs is 9. The van der Waals surface area contributed by atoms with Gasteiger partial charge in [-0.2, -0.15) is 13.2 Å². The predicted molar refractivity (Wildman–Crippen MR) is 317 cm³/mol. The van der Waals surface area contributed by atoms with Crippen LogP contribution < -0.4 is 0 Å². The molecule has 0 fully saturated rings. The van der Waals surface area contributed by atoms with E-state index in [1.165, 1.54) is 33.7 Å². The topological polar surface area (TPSA) is 40.6 Å². The molecule has 0 aliphatic rings. The number of para-hydroxylation sites is 5. The number of hydrogen-bond acceptors (Lipinski definition) is 2. The minimum atomic E-state index is -4.54. The Kier molecular flexibility index (Phi) is 10.6. The molecule has 0 spiro atoms. The highest BCUT2D eigenvalue weighted by molar-refractivity contribution is 6.12. The van der Waals surface area contributed by atoms with E-state index < -0.39 is 11.7 Å². The van der Waals surface area contributed by atoms with Crippen LogP contribution in [0.2, 0.25) is 0 Å². The van der Waals surface area contributed by atoms with Crippen molar-refractivity contribution in [2.45, 2.75) is 6.18 Å². The molecule has 0 N–H and O–H groups in total. The van der Waals surface area contributed by atoms with Gasteiger partial charge in [-0.25, -0.2) is 9.97 Å². The van der Waals surface area contributed by atoms with E-state index in [0.717, 1.165) is 95.0 Å². The zero-order valence-electron chi connectivity index (χ0n) is 42.3. The van der Waals surface area contributed by atoms with E-state index in [4.69, 9.17) is 9.97 Å². The lowest BCUT2D eigenvalue weighted by molar-refractivity contribution is -0.137. The Bertz CT molecular complexity index is 4520. The summed E-state index contributed by atoms with van der Waals surface area (Å²) in [5, 5.41) is 5.87. The monoisotopic (exact) mass is 1020 g/mol. The van der Waals surface area contributed by atoms with Crippen molar-refractivity contribution in [1.82, 2.24) is 23.7 Å². The first-order valence-electron chi connectivity index (χ1n) is 26.3. The summed E-state index contributed by atoms with van der Waals surface area (Å²) in [4.78, 5) is 10.7. The van der Waals surface area contributed by atoms with Crippen molar-refractivity contribution >= 4 is 65.4 Å². The van der Waals surface area contributed by atoms with E-state index in [1.807, 2.05) is 66.7 Å². The molecule has 0 saturated heterocycles. The molecule has 0 radical (unpaired) electrons. The molecule has 0 unspecified atom stereocenters. The number of rotatable bonds is 8. The molecule has 79 heavy (non-hydrogen) atoms. The number of alkyl halides is 3. The van der Waals surface area contributed by atoms with Gasteiger partial charge in [0, 0.05) is 71.5 Å². The van der Waals surface area contributed by atoms with Crippen LogP contribution in [0.25, 0.3) is 139 Å². The predicted octanol–water partition coefficient (Wildman–Crippen LogP) is 19.1. The molecule has 5 nitrogen and oxygen atoms in total. The molecular weight excluding hydrogens is 980 g/mol. The molecule has 374 valence electrons. The molecule has 0 aliphatic carbocycles. The zero-order chi connectivity index (χ0) is 52.8. The molecule has 0 atom stereocenters. The highest BCUT2D eigenvalue weighted by Gasteiger charge is 2.32. The standard InChI is InChI=1S/C71H44F3N5/c72-71(73,74)50-35-40-68-60(43-50)57-25-11-16-30-67(57)79(68)69-58(45-31-36-51(37-32-45)77-63-26-12-7-21-53(63)54-22-8-13-27-64(54)77)41-49(70-75-61(47-17-3-1-4-18-47)44-62(76-70)48-19-5-2-6-20-48)42-59(69)46-33-38-52(39-34-46)78-65-28-14-9-23-55(65)56-24-10-15-29-66(56)78/h1-44H. The Morgan fingerprint density at radius 1 is 0.278 bits per heavy atom. The molecule has 0 saturated carbocycles. The van der Waals surface area contributed by atoms with Crippen molar-refractivity contribution in [1.29, 1.82) is 0 Å². The van der Waals surface area contributed by atoms with E-state index >= 15 is 0 Å². The molecule has 15 rings (SSSR count). The fraction of sp³-hybridized carbons (Fsp3) is 0.0141. The molecule has 0 bridgehead atoms.